The Bertz CT molecular complexity index is 531. The number of hydrogen-bond donors (Lipinski definition) is 1. The zero-order valence-corrected chi connectivity index (χ0v) is 12.6. The van der Waals surface area contributed by atoms with Crippen molar-refractivity contribution in [3.63, 3.8) is 0 Å². The Labute approximate surface area is 119 Å². The monoisotopic (exact) mass is 323 g/mol. The van der Waals surface area contributed by atoms with Gasteiger partial charge in [0, 0.05) is 10.0 Å². The van der Waals surface area contributed by atoms with E-state index < -0.39 is 0 Å². The zero-order valence-electron chi connectivity index (χ0n) is 10.2. The van der Waals surface area contributed by atoms with E-state index in [0.29, 0.717) is 5.56 Å². The second kappa shape index (κ2) is 5.67. The average molecular weight is 324 g/mol. The molecule has 0 saturated heterocycles. The number of thiophene rings is 1. The highest BCUT2D eigenvalue weighted by molar-refractivity contribution is 9.10. The van der Waals surface area contributed by atoms with Gasteiger partial charge >= 0.3 is 0 Å². The van der Waals surface area contributed by atoms with Crippen LogP contribution in [0.15, 0.2) is 39.5 Å². The van der Waals surface area contributed by atoms with Crippen molar-refractivity contribution in [1.82, 2.24) is 5.32 Å². The van der Waals surface area contributed by atoms with Crippen LogP contribution < -0.4 is 5.32 Å². The molecule has 18 heavy (non-hydrogen) atoms. The van der Waals surface area contributed by atoms with Crippen LogP contribution in [0, 0.1) is 6.92 Å². The van der Waals surface area contributed by atoms with Crippen LogP contribution in [0.1, 0.15) is 34.5 Å². The third-order valence-corrected chi connectivity index (χ3v) is 3.85. The molecule has 2 aromatic rings. The van der Waals surface area contributed by atoms with Crippen LogP contribution in [0.3, 0.4) is 0 Å². The van der Waals surface area contributed by atoms with Crippen LogP contribution in [0.2, 0.25) is 0 Å². The Kier molecular flexibility index (Phi) is 4.19. The maximum absolute atomic E-state index is 12.1. The lowest BCUT2D eigenvalue weighted by Gasteiger charge is -2.13. The van der Waals surface area contributed by atoms with Crippen LogP contribution >= 0.6 is 27.3 Å². The maximum atomic E-state index is 12.1. The fraction of sp³-hybridized carbons (Fsp3) is 0.214. The van der Waals surface area contributed by atoms with Gasteiger partial charge in [-0.15, -0.1) is 0 Å². The van der Waals surface area contributed by atoms with Gasteiger partial charge < -0.3 is 5.32 Å². The molecule has 0 saturated carbocycles. The Morgan fingerprint density at radius 2 is 2.17 bits per heavy atom. The number of amides is 1. The van der Waals surface area contributed by atoms with E-state index in [1.807, 2.05) is 43.5 Å². The minimum absolute atomic E-state index is 0.0306. The first-order chi connectivity index (χ1) is 8.56. The van der Waals surface area contributed by atoms with Crippen molar-refractivity contribution < 1.29 is 4.79 Å². The number of carbonyl (C=O) groups excluding carboxylic acids is 1. The molecule has 1 heterocycles. The molecule has 1 amide bonds. The van der Waals surface area contributed by atoms with Gasteiger partial charge in [-0.05, 0) is 60.0 Å². The van der Waals surface area contributed by atoms with Crippen molar-refractivity contribution in [2.75, 3.05) is 0 Å². The third-order valence-electron chi connectivity index (χ3n) is 2.70. The topological polar surface area (TPSA) is 29.1 Å². The molecule has 1 aromatic heterocycles. The van der Waals surface area contributed by atoms with Crippen molar-refractivity contribution >= 4 is 33.2 Å². The number of nitrogens with one attached hydrogen (secondary N) is 1. The van der Waals surface area contributed by atoms with Crippen LogP contribution in [-0.4, -0.2) is 5.91 Å². The lowest BCUT2D eigenvalue weighted by Crippen LogP contribution is -2.26. The fourth-order valence-corrected chi connectivity index (χ4v) is 3.11. The van der Waals surface area contributed by atoms with Gasteiger partial charge in [0.15, 0.2) is 0 Å². The van der Waals surface area contributed by atoms with Gasteiger partial charge in [0.2, 0.25) is 0 Å². The molecule has 1 N–H and O–H groups in total. The molecule has 0 aliphatic rings. The van der Waals surface area contributed by atoms with Crippen molar-refractivity contribution in [1.29, 1.82) is 0 Å². The zero-order chi connectivity index (χ0) is 13.1. The van der Waals surface area contributed by atoms with Crippen LogP contribution in [-0.2, 0) is 0 Å². The van der Waals surface area contributed by atoms with E-state index >= 15 is 0 Å². The second-order valence-corrected chi connectivity index (χ2v) is 5.96. The number of aryl methyl sites for hydroxylation is 1. The molecule has 0 radical (unpaired) electrons. The van der Waals surface area contributed by atoms with Gasteiger partial charge in [0.1, 0.15) is 0 Å². The van der Waals surface area contributed by atoms with Gasteiger partial charge in [-0.25, -0.2) is 0 Å². The average Bonchev–Trinajstić information content (AvgIpc) is 2.80. The van der Waals surface area contributed by atoms with E-state index in [2.05, 4.69) is 26.6 Å². The van der Waals surface area contributed by atoms with E-state index in [1.165, 1.54) is 0 Å². The molecule has 4 heteroatoms. The number of halogens is 1. The second-order valence-electron chi connectivity index (χ2n) is 4.27. The van der Waals surface area contributed by atoms with E-state index in [-0.39, 0.29) is 11.9 Å². The van der Waals surface area contributed by atoms with Crippen LogP contribution in [0.5, 0.6) is 0 Å². The first kappa shape index (κ1) is 13.3. The minimum atomic E-state index is -0.0434. The molecular formula is C14H14BrNOS. The van der Waals surface area contributed by atoms with Gasteiger partial charge in [-0.2, -0.15) is 11.3 Å². The van der Waals surface area contributed by atoms with Gasteiger partial charge in [-0.3, -0.25) is 4.79 Å². The molecular weight excluding hydrogens is 310 g/mol. The molecule has 2 rings (SSSR count). The quantitative estimate of drug-likeness (QED) is 0.895. The summed E-state index contributed by atoms with van der Waals surface area (Å²) in [6.07, 6.45) is 0. The molecule has 0 aliphatic heterocycles. The highest BCUT2D eigenvalue weighted by atomic mass is 79.9. The van der Waals surface area contributed by atoms with Crippen LogP contribution in [0.4, 0.5) is 0 Å². The van der Waals surface area contributed by atoms with Crippen molar-refractivity contribution in [2.45, 2.75) is 19.9 Å². The van der Waals surface area contributed by atoms with E-state index in [0.717, 1.165) is 15.6 Å². The summed E-state index contributed by atoms with van der Waals surface area (Å²) in [5.74, 6) is -0.0434. The van der Waals surface area contributed by atoms with Gasteiger partial charge in [-0.1, -0.05) is 15.9 Å². The van der Waals surface area contributed by atoms with Crippen molar-refractivity contribution in [3.8, 4) is 0 Å². The fourth-order valence-electron chi connectivity index (χ4n) is 1.75. The van der Waals surface area contributed by atoms with Crippen LogP contribution in [0.25, 0.3) is 0 Å². The summed E-state index contributed by atoms with van der Waals surface area (Å²) in [5, 5.41) is 7.07. The Hall–Kier alpha value is -1.13. The first-order valence-corrected chi connectivity index (χ1v) is 7.40. The number of hydrogen-bond acceptors (Lipinski definition) is 2. The Balaban J connectivity index is 2.12. The number of carbonyl (C=O) groups is 1. The number of rotatable bonds is 3. The summed E-state index contributed by atoms with van der Waals surface area (Å²) < 4.78 is 0.927. The van der Waals surface area contributed by atoms with Crippen molar-refractivity contribution in [2.24, 2.45) is 0 Å². The molecule has 0 spiro atoms. The molecule has 0 bridgehead atoms. The molecule has 2 nitrogen and oxygen atoms in total. The minimum Gasteiger partial charge on any atom is -0.345 e. The normalized spacial score (nSPS) is 12.2. The SMILES string of the molecule is Cc1cc(Br)cc(C(=O)NC(C)c2ccsc2)c1. The molecule has 0 aliphatic carbocycles. The smallest absolute Gasteiger partial charge is 0.251 e. The lowest BCUT2D eigenvalue weighted by molar-refractivity contribution is 0.0940. The van der Waals surface area contributed by atoms with E-state index in [4.69, 9.17) is 0 Å². The summed E-state index contributed by atoms with van der Waals surface area (Å²) in [5.41, 5.74) is 2.89. The Morgan fingerprint density at radius 3 is 2.78 bits per heavy atom. The highest BCUT2D eigenvalue weighted by Gasteiger charge is 2.12. The van der Waals surface area contributed by atoms with Crippen molar-refractivity contribution in [3.05, 3.63) is 56.2 Å². The molecule has 94 valence electrons. The summed E-state index contributed by atoms with van der Waals surface area (Å²) in [7, 11) is 0. The maximum Gasteiger partial charge on any atom is 0.251 e. The predicted molar refractivity (Wildman–Crippen MR) is 79.1 cm³/mol. The highest BCUT2D eigenvalue weighted by Crippen LogP contribution is 2.18. The molecule has 1 unspecified atom stereocenters. The summed E-state index contributed by atoms with van der Waals surface area (Å²) in [4.78, 5) is 12.1. The molecule has 1 atom stereocenters. The third kappa shape index (κ3) is 3.21. The first-order valence-electron chi connectivity index (χ1n) is 5.66. The predicted octanol–water partition coefficient (Wildman–Crippen LogP) is 4.31. The molecule has 0 fully saturated rings. The summed E-state index contributed by atoms with van der Waals surface area (Å²) >= 11 is 5.04. The summed E-state index contributed by atoms with van der Waals surface area (Å²) in [6, 6.07) is 7.77. The van der Waals surface area contributed by atoms with Gasteiger partial charge in [0.05, 0.1) is 6.04 Å². The van der Waals surface area contributed by atoms with Gasteiger partial charge in [0.25, 0.3) is 5.91 Å². The summed E-state index contributed by atoms with van der Waals surface area (Å²) in [6.45, 7) is 3.97. The lowest BCUT2D eigenvalue weighted by atomic mass is 10.1. The number of benzene rings is 1. The van der Waals surface area contributed by atoms with E-state index in [9.17, 15) is 4.79 Å². The van der Waals surface area contributed by atoms with E-state index in [1.54, 1.807) is 11.3 Å². The Morgan fingerprint density at radius 1 is 1.39 bits per heavy atom. The molecule has 1 aromatic carbocycles. The standard InChI is InChI=1S/C14H14BrNOS/c1-9-5-12(7-13(15)6-9)14(17)16-10(2)11-3-4-18-8-11/h3-8,10H,1-2H3,(H,16,17). The largest absolute Gasteiger partial charge is 0.345 e.